The number of nitrogens with two attached hydrogens (primary N) is 2. The van der Waals surface area contributed by atoms with Crippen LogP contribution in [0, 0.1) is 5.41 Å². The Morgan fingerprint density at radius 2 is 2.42 bits per heavy atom. The number of aliphatic imine (C=N–C) groups is 1. The van der Waals surface area contributed by atoms with E-state index in [9.17, 15) is 0 Å². The van der Waals surface area contributed by atoms with Crippen LogP contribution in [0.5, 0.6) is 0 Å². The molecule has 0 saturated heterocycles. The minimum absolute atomic E-state index is 0.0949. The number of likely N-dealkylation sites (N-methyl/N-ethyl adjacent to an activating group) is 1. The number of nitrogens with zero attached hydrogens (tertiary/aromatic N) is 3. The zero-order chi connectivity index (χ0) is 8.93. The smallest absolute Gasteiger partial charge is 0.350 e. The Bertz CT molecular complexity index is 305. The molecule has 2 aliphatic heterocycles. The van der Waals surface area contributed by atoms with E-state index >= 15 is 0 Å². The van der Waals surface area contributed by atoms with Gasteiger partial charge in [0.1, 0.15) is 7.05 Å². The summed E-state index contributed by atoms with van der Waals surface area (Å²) in [5, 5.41) is 9.00. The van der Waals surface area contributed by atoms with Crippen molar-refractivity contribution in [3.8, 4) is 0 Å². The quantitative estimate of drug-likeness (QED) is 0.310. The molecule has 6 heteroatoms. The van der Waals surface area contributed by atoms with Crippen LogP contribution < -0.4 is 11.6 Å². The van der Waals surface area contributed by atoms with Crippen LogP contribution in [0.2, 0.25) is 0 Å². The third-order valence-corrected chi connectivity index (χ3v) is 2.41. The van der Waals surface area contributed by atoms with Gasteiger partial charge in [-0.25, -0.2) is 11.3 Å². The first kappa shape index (κ1) is 7.26. The molecule has 2 aliphatic rings. The van der Waals surface area contributed by atoms with Crippen molar-refractivity contribution in [1.82, 2.24) is 5.12 Å². The highest BCUT2D eigenvalue weighted by Crippen LogP contribution is 2.26. The molecule has 12 heavy (non-hydrogen) atoms. The Kier molecular flexibility index (Phi) is 1.12. The molecule has 0 aliphatic carbocycles. The zero-order valence-corrected chi connectivity index (χ0v) is 6.73. The van der Waals surface area contributed by atoms with E-state index in [1.807, 2.05) is 6.08 Å². The lowest BCUT2D eigenvalue weighted by molar-refractivity contribution is -0.935. The molecule has 0 aromatic heterocycles. The van der Waals surface area contributed by atoms with E-state index in [1.54, 1.807) is 13.2 Å². The van der Waals surface area contributed by atoms with Crippen LogP contribution in [-0.2, 0) is 0 Å². The van der Waals surface area contributed by atoms with Crippen LogP contribution in [0.25, 0.3) is 0 Å². The SMILES string of the molecule is C[N+]12C(=N)N=C(N)C1C=CN2N. The van der Waals surface area contributed by atoms with E-state index in [4.69, 9.17) is 17.0 Å². The third kappa shape index (κ3) is 0.567. The topological polar surface area (TPSA) is 91.5 Å². The fourth-order valence-electron chi connectivity index (χ4n) is 1.51. The van der Waals surface area contributed by atoms with E-state index in [-0.39, 0.29) is 16.6 Å². The largest absolute Gasteiger partial charge is 0.382 e. The second-order valence-corrected chi connectivity index (χ2v) is 3.05. The maximum atomic E-state index is 7.58. The van der Waals surface area contributed by atoms with E-state index in [0.29, 0.717) is 5.84 Å². The summed E-state index contributed by atoms with van der Waals surface area (Å²) >= 11 is 0. The number of quaternary nitrogens is 1. The minimum Gasteiger partial charge on any atom is -0.382 e. The number of hydrogen-bond donors (Lipinski definition) is 3. The summed E-state index contributed by atoms with van der Waals surface area (Å²) in [7, 11) is 1.80. The molecule has 2 unspecified atom stereocenters. The van der Waals surface area contributed by atoms with Crippen LogP contribution in [0.15, 0.2) is 17.3 Å². The Labute approximate surface area is 69.8 Å². The summed E-state index contributed by atoms with van der Waals surface area (Å²) in [4.78, 5) is 3.87. The van der Waals surface area contributed by atoms with Gasteiger partial charge in [0.25, 0.3) is 0 Å². The van der Waals surface area contributed by atoms with Crippen LogP contribution in [0.4, 0.5) is 0 Å². The van der Waals surface area contributed by atoms with Crippen LogP contribution in [-0.4, -0.2) is 34.6 Å². The second kappa shape index (κ2) is 1.85. The first-order valence-electron chi connectivity index (χ1n) is 3.59. The van der Waals surface area contributed by atoms with E-state index < -0.39 is 0 Å². The monoisotopic (exact) mass is 167 g/mol. The highest BCUT2D eigenvalue weighted by molar-refractivity contribution is 6.00. The van der Waals surface area contributed by atoms with Gasteiger partial charge in [0.05, 0.1) is 6.20 Å². The van der Waals surface area contributed by atoms with Gasteiger partial charge in [-0.05, 0) is 0 Å². The predicted molar refractivity (Wildman–Crippen MR) is 44.5 cm³/mol. The molecule has 0 spiro atoms. The van der Waals surface area contributed by atoms with Crippen LogP contribution in [0.1, 0.15) is 0 Å². The van der Waals surface area contributed by atoms with Crippen molar-refractivity contribution in [2.45, 2.75) is 6.04 Å². The van der Waals surface area contributed by atoms with Gasteiger partial charge in [-0.15, -0.1) is 4.59 Å². The summed E-state index contributed by atoms with van der Waals surface area (Å²) in [5.74, 6) is 6.28. The zero-order valence-electron chi connectivity index (χ0n) is 6.73. The fourth-order valence-corrected chi connectivity index (χ4v) is 1.51. The molecule has 0 aromatic carbocycles. The average molecular weight is 167 g/mol. The molecule has 0 amide bonds. The highest BCUT2D eigenvalue weighted by atomic mass is 15.9. The van der Waals surface area contributed by atoms with Crippen molar-refractivity contribution in [2.24, 2.45) is 16.6 Å². The Morgan fingerprint density at radius 3 is 3.00 bits per heavy atom. The second-order valence-electron chi connectivity index (χ2n) is 3.05. The summed E-state index contributed by atoms with van der Waals surface area (Å²) in [6.45, 7) is 0. The van der Waals surface area contributed by atoms with Gasteiger partial charge in [0, 0.05) is 6.08 Å². The molecular formula is C6H11N6+. The van der Waals surface area contributed by atoms with Crippen LogP contribution >= 0.6 is 0 Å². The summed E-state index contributed by atoms with van der Waals surface area (Å²) in [5.41, 5.74) is 5.62. The third-order valence-electron chi connectivity index (χ3n) is 2.41. The van der Waals surface area contributed by atoms with Gasteiger partial charge < -0.3 is 5.73 Å². The first-order chi connectivity index (χ1) is 5.56. The highest BCUT2D eigenvalue weighted by Gasteiger charge is 2.51. The van der Waals surface area contributed by atoms with Gasteiger partial charge in [-0.2, -0.15) is 10.1 Å². The molecule has 2 heterocycles. The average Bonchev–Trinajstić information content (AvgIpc) is 2.39. The number of rotatable bonds is 0. The van der Waals surface area contributed by atoms with Crippen molar-refractivity contribution >= 4 is 11.8 Å². The van der Waals surface area contributed by atoms with Crippen molar-refractivity contribution in [1.29, 1.82) is 5.41 Å². The number of guanidine groups is 1. The van der Waals surface area contributed by atoms with Crippen molar-refractivity contribution < 1.29 is 4.59 Å². The molecule has 64 valence electrons. The normalized spacial score (nSPS) is 38.8. The van der Waals surface area contributed by atoms with Gasteiger partial charge >= 0.3 is 5.96 Å². The van der Waals surface area contributed by atoms with E-state index in [0.717, 1.165) is 0 Å². The summed E-state index contributed by atoms with van der Waals surface area (Å²) < 4.78 is 0.131. The van der Waals surface area contributed by atoms with Gasteiger partial charge in [-0.1, -0.05) is 0 Å². The molecular weight excluding hydrogens is 156 g/mol. The lowest BCUT2D eigenvalue weighted by Crippen LogP contribution is -2.61. The van der Waals surface area contributed by atoms with Crippen molar-refractivity contribution in [2.75, 3.05) is 7.05 Å². The molecule has 0 saturated carbocycles. The number of fused-ring (bicyclic) bond motifs is 1. The molecule has 0 aromatic rings. The van der Waals surface area contributed by atoms with Crippen LogP contribution in [0.3, 0.4) is 0 Å². The molecule has 6 nitrogen and oxygen atoms in total. The molecule has 0 radical (unpaired) electrons. The molecule has 5 N–H and O–H groups in total. The van der Waals surface area contributed by atoms with Gasteiger partial charge in [-0.3, -0.25) is 0 Å². The van der Waals surface area contributed by atoms with Crippen molar-refractivity contribution in [3.63, 3.8) is 0 Å². The minimum atomic E-state index is -0.0949. The lowest BCUT2D eigenvalue weighted by atomic mass is 10.3. The van der Waals surface area contributed by atoms with E-state index in [2.05, 4.69) is 4.99 Å². The molecule has 0 fully saturated rings. The first-order valence-corrected chi connectivity index (χ1v) is 3.59. The maximum Gasteiger partial charge on any atom is 0.350 e. The number of amidine groups is 1. The van der Waals surface area contributed by atoms with Crippen molar-refractivity contribution in [3.05, 3.63) is 12.3 Å². The molecule has 2 rings (SSSR count). The lowest BCUT2D eigenvalue weighted by Gasteiger charge is -2.32. The number of hydrogen-bond acceptors (Lipinski definition) is 4. The predicted octanol–water partition coefficient (Wildman–Crippen LogP) is -1.27. The summed E-state index contributed by atoms with van der Waals surface area (Å²) in [6, 6.07) is -0.0949. The number of hydrazine groups is 1. The fraction of sp³-hybridized carbons (Fsp3) is 0.333. The standard InChI is InChI=1S/C6H11N6/c1-12-4(2-3-11(12)9)5(7)10-6(12)8/h2-4H,9H2,1H3,(H3,7,8,10)/q+1. The molecule has 0 bridgehead atoms. The Morgan fingerprint density at radius 1 is 1.75 bits per heavy atom. The van der Waals surface area contributed by atoms with Gasteiger partial charge in [0.2, 0.25) is 0 Å². The van der Waals surface area contributed by atoms with Gasteiger partial charge in [0.15, 0.2) is 11.9 Å². The molecule has 2 atom stereocenters. The Hall–Kier alpha value is -1.40. The van der Waals surface area contributed by atoms with E-state index in [1.165, 1.54) is 5.12 Å². The Balaban J connectivity index is 2.48. The maximum absolute atomic E-state index is 7.58. The summed E-state index contributed by atoms with van der Waals surface area (Å²) in [6.07, 6.45) is 3.56. The number of nitrogens with one attached hydrogen (secondary N) is 1.